The quantitative estimate of drug-likeness (QED) is 0.509. The molecule has 2 aromatic rings. The van der Waals surface area contributed by atoms with Gasteiger partial charge < -0.3 is 15.2 Å². The molecule has 2 aliphatic rings. The third-order valence-electron chi connectivity index (χ3n) is 6.41. The first kappa shape index (κ1) is 21.3. The number of nitrogens with one attached hydrogen (secondary N) is 1. The van der Waals surface area contributed by atoms with Crippen LogP contribution in [-0.4, -0.2) is 30.1 Å². The number of thiophene rings is 1. The van der Waals surface area contributed by atoms with Gasteiger partial charge in [0.25, 0.3) is 0 Å². The maximum Gasteiger partial charge on any atom is 0.341 e. The molecule has 0 aliphatic heterocycles. The van der Waals surface area contributed by atoms with Gasteiger partial charge in [0.2, 0.25) is 5.91 Å². The number of methoxy groups -OCH3 is 1. The molecule has 7 heteroatoms. The van der Waals surface area contributed by atoms with Crippen molar-refractivity contribution in [1.82, 2.24) is 0 Å². The van der Waals surface area contributed by atoms with E-state index in [1.54, 1.807) is 0 Å². The van der Waals surface area contributed by atoms with E-state index < -0.39 is 23.8 Å². The number of carbonyl (C=O) groups is 3. The number of fused-ring (bicyclic) bond motifs is 2. The lowest BCUT2D eigenvalue weighted by Crippen LogP contribution is -2.36. The van der Waals surface area contributed by atoms with Gasteiger partial charge in [0.05, 0.1) is 18.9 Å². The van der Waals surface area contributed by atoms with Gasteiger partial charge in [0.15, 0.2) is 0 Å². The molecule has 162 valence electrons. The standard InChI is InChI=1S/C24H25NO5S/c1-4-13-5-7-14(8-6-13)17-12(2)31-22(20(17)24(29)30-3)25-21(26)18-15-9-10-16(11-15)19(18)23(27)28/h5-10,15-16,18-19H,4,11H2,1-3H3,(H,25,26)(H,27,28)/t15-,16+,18+,19+/m1/s1. The van der Waals surface area contributed by atoms with E-state index in [1.165, 1.54) is 24.0 Å². The predicted octanol–water partition coefficient (Wildman–Crippen LogP) is 4.53. The topological polar surface area (TPSA) is 92.7 Å². The molecule has 4 atom stereocenters. The van der Waals surface area contributed by atoms with Crippen molar-refractivity contribution in [3.05, 3.63) is 52.4 Å². The van der Waals surface area contributed by atoms with Crippen LogP contribution < -0.4 is 5.32 Å². The highest BCUT2D eigenvalue weighted by Gasteiger charge is 2.51. The number of amides is 1. The number of anilines is 1. The summed E-state index contributed by atoms with van der Waals surface area (Å²) in [5, 5.41) is 12.9. The van der Waals surface area contributed by atoms with Crippen molar-refractivity contribution >= 4 is 34.2 Å². The number of carbonyl (C=O) groups excluding carboxylic acids is 2. The van der Waals surface area contributed by atoms with E-state index in [9.17, 15) is 19.5 Å². The molecular weight excluding hydrogens is 414 g/mol. The predicted molar refractivity (Wildman–Crippen MR) is 119 cm³/mol. The third-order valence-corrected chi connectivity index (χ3v) is 7.43. The Morgan fingerprint density at radius 3 is 2.35 bits per heavy atom. The molecule has 1 saturated carbocycles. The summed E-state index contributed by atoms with van der Waals surface area (Å²) in [4.78, 5) is 38.5. The number of hydrogen-bond donors (Lipinski definition) is 2. The van der Waals surface area contributed by atoms with E-state index in [2.05, 4.69) is 12.2 Å². The Bertz CT molecular complexity index is 1070. The van der Waals surface area contributed by atoms with Gasteiger partial charge in [-0.3, -0.25) is 9.59 Å². The number of allylic oxidation sites excluding steroid dienone is 2. The molecule has 2 bridgehead atoms. The van der Waals surface area contributed by atoms with Gasteiger partial charge in [-0.15, -0.1) is 11.3 Å². The third kappa shape index (κ3) is 3.67. The number of rotatable bonds is 6. The van der Waals surface area contributed by atoms with Crippen LogP contribution in [0.3, 0.4) is 0 Å². The lowest BCUT2D eigenvalue weighted by atomic mass is 9.82. The Morgan fingerprint density at radius 1 is 1.13 bits per heavy atom. The van der Waals surface area contributed by atoms with E-state index in [0.29, 0.717) is 17.0 Å². The van der Waals surface area contributed by atoms with E-state index in [-0.39, 0.29) is 17.7 Å². The molecule has 1 fully saturated rings. The van der Waals surface area contributed by atoms with Crippen LogP contribution in [0.1, 0.15) is 34.1 Å². The highest BCUT2D eigenvalue weighted by atomic mass is 32.1. The fraction of sp³-hybridized carbons (Fsp3) is 0.375. The summed E-state index contributed by atoms with van der Waals surface area (Å²) in [6.45, 7) is 3.98. The second-order valence-electron chi connectivity index (χ2n) is 8.11. The van der Waals surface area contributed by atoms with Crippen LogP contribution in [-0.2, 0) is 20.7 Å². The Kier molecular flexibility index (Phi) is 5.71. The summed E-state index contributed by atoms with van der Waals surface area (Å²) in [7, 11) is 1.31. The van der Waals surface area contributed by atoms with Crippen molar-refractivity contribution in [1.29, 1.82) is 0 Å². The summed E-state index contributed by atoms with van der Waals surface area (Å²) >= 11 is 1.31. The minimum Gasteiger partial charge on any atom is -0.481 e. The van der Waals surface area contributed by atoms with Crippen molar-refractivity contribution in [2.45, 2.75) is 26.7 Å². The molecule has 0 radical (unpaired) electrons. The molecule has 0 saturated heterocycles. The summed E-state index contributed by atoms with van der Waals surface area (Å²) in [5.41, 5.74) is 3.11. The van der Waals surface area contributed by atoms with E-state index in [1.807, 2.05) is 43.3 Å². The van der Waals surface area contributed by atoms with E-state index in [0.717, 1.165) is 22.4 Å². The minimum atomic E-state index is -0.954. The van der Waals surface area contributed by atoms with Gasteiger partial charge in [-0.05, 0) is 42.7 Å². The smallest absolute Gasteiger partial charge is 0.341 e. The normalized spacial score (nSPS) is 23.7. The zero-order valence-corrected chi connectivity index (χ0v) is 18.5. The number of aliphatic carboxylic acids is 1. The van der Waals surface area contributed by atoms with Crippen molar-refractivity contribution in [2.24, 2.45) is 23.7 Å². The van der Waals surface area contributed by atoms with Crippen LogP contribution >= 0.6 is 11.3 Å². The fourth-order valence-electron chi connectivity index (χ4n) is 4.90. The van der Waals surface area contributed by atoms with Crippen LogP contribution in [0.4, 0.5) is 5.00 Å². The number of carboxylic acids is 1. The van der Waals surface area contributed by atoms with Crippen molar-refractivity contribution in [2.75, 3.05) is 12.4 Å². The highest BCUT2D eigenvalue weighted by molar-refractivity contribution is 7.17. The minimum absolute atomic E-state index is 0.0882. The van der Waals surface area contributed by atoms with Gasteiger partial charge in [-0.2, -0.15) is 0 Å². The molecule has 6 nitrogen and oxygen atoms in total. The molecule has 2 N–H and O–H groups in total. The number of esters is 1. The lowest BCUT2D eigenvalue weighted by molar-refractivity contribution is -0.146. The second-order valence-corrected chi connectivity index (χ2v) is 9.33. The molecule has 1 amide bonds. The van der Waals surface area contributed by atoms with Crippen LogP contribution in [0.5, 0.6) is 0 Å². The fourth-order valence-corrected chi connectivity index (χ4v) is 5.96. The lowest BCUT2D eigenvalue weighted by Gasteiger charge is -2.23. The largest absolute Gasteiger partial charge is 0.481 e. The van der Waals surface area contributed by atoms with Crippen LogP contribution in [0, 0.1) is 30.6 Å². The van der Waals surface area contributed by atoms with Crippen molar-refractivity contribution in [3.63, 3.8) is 0 Å². The second kappa shape index (κ2) is 8.30. The maximum atomic E-state index is 13.2. The van der Waals surface area contributed by atoms with Crippen LogP contribution in [0.15, 0.2) is 36.4 Å². The van der Waals surface area contributed by atoms with Gasteiger partial charge in [0, 0.05) is 10.4 Å². The Labute approximate surface area is 184 Å². The zero-order chi connectivity index (χ0) is 22.3. The zero-order valence-electron chi connectivity index (χ0n) is 17.7. The van der Waals surface area contributed by atoms with Crippen molar-refractivity contribution in [3.8, 4) is 11.1 Å². The number of benzene rings is 1. The monoisotopic (exact) mass is 439 g/mol. The number of carboxylic acid groups (broad SMARTS) is 1. The highest BCUT2D eigenvalue weighted by Crippen LogP contribution is 2.49. The summed E-state index contributed by atoms with van der Waals surface area (Å²) in [6, 6.07) is 7.97. The number of ether oxygens (including phenoxy) is 1. The van der Waals surface area contributed by atoms with Crippen LogP contribution in [0.2, 0.25) is 0 Å². The molecule has 2 aliphatic carbocycles. The van der Waals surface area contributed by atoms with Crippen molar-refractivity contribution < 1.29 is 24.2 Å². The summed E-state index contributed by atoms with van der Waals surface area (Å²) < 4.78 is 5.02. The van der Waals surface area contributed by atoms with Gasteiger partial charge in [0.1, 0.15) is 10.6 Å². The van der Waals surface area contributed by atoms with Gasteiger partial charge >= 0.3 is 11.9 Å². The first-order valence-corrected chi connectivity index (χ1v) is 11.2. The van der Waals surface area contributed by atoms with E-state index >= 15 is 0 Å². The van der Waals surface area contributed by atoms with Crippen LogP contribution in [0.25, 0.3) is 11.1 Å². The summed E-state index contributed by atoms with van der Waals surface area (Å²) in [6.07, 6.45) is 5.44. The molecule has 0 spiro atoms. The average molecular weight is 440 g/mol. The number of hydrogen-bond acceptors (Lipinski definition) is 5. The molecular formula is C24H25NO5S. The first-order chi connectivity index (χ1) is 14.8. The Morgan fingerprint density at radius 2 is 1.77 bits per heavy atom. The van der Waals surface area contributed by atoms with E-state index in [4.69, 9.17) is 4.74 Å². The molecule has 1 heterocycles. The average Bonchev–Trinajstić information content (AvgIpc) is 3.46. The Balaban J connectivity index is 1.70. The molecule has 1 aromatic carbocycles. The van der Waals surface area contributed by atoms with Gasteiger partial charge in [-0.1, -0.05) is 43.3 Å². The molecule has 4 rings (SSSR count). The maximum absolute atomic E-state index is 13.2. The summed E-state index contributed by atoms with van der Waals surface area (Å²) in [5.74, 6) is -3.43. The molecule has 0 unspecified atom stereocenters. The molecule has 1 aromatic heterocycles. The Hall–Kier alpha value is -2.93. The molecule has 31 heavy (non-hydrogen) atoms. The first-order valence-electron chi connectivity index (χ1n) is 10.4. The van der Waals surface area contributed by atoms with Gasteiger partial charge in [-0.25, -0.2) is 4.79 Å². The SMILES string of the molecule is CCc1ccc(-c2c(C)sc(NC(=O)[C@@H]3[C@@H](C(=O)O)[C@H]4C=C[C@@H]3C4)c2C(=O)OC)cc1. The number of aryl methyl sites for hydroxylation is 2.